The molecule has 6 aromatic rings. The molecular formula is C52H56FN9O10. The molecule has 1 fully saturated rings. The van der Waals surface area contributed by atoms with Crippen molar-refractivity contribution >= 4 is 46.4 Å². The SMILES string of the molecule is CCn1cc(-c2cnc(C(=O)NCCOCCN(CC(=O)N3CCN(C(=O)c4cc(Cc5n[nH]c(=O)c6ccccc56)ccc4F)CC3)C(=O)OCc3ccccc3)c(NC(=O)OC(C)(C)C)c2)ccc1=O. The highest BCUT2D eigenvalue weighted by atomic mass is 19.1. The molecular weight excluding hydrogens is 930 g/mol. The number of carbonyl (C=O) groups excluding carboxylic acids is 5. The molecule has 0 saturated carbocycles. The van der Waals surface area contributed by atoms with Gasteiger partial charge in [-0.15, -0.1) is 0 Å². The maximum atomic E-state index is 15.2. The molecule has 5 amide bonds. The molecule has 3 aromatic heterocycles. The average molecular weight is 986 g/mol. The van der Waals surface area contributed by atoms with Crippen LogP contribution in [0.25, 0.3) is 21.9 Å². The highest BCUT2D eigenvalue weighted by Crippen LogP contribution is 2.25. The second-order valence-electron chi connectivity index (χ2n) is 17.8. The number of benzene rings is 3. The first kappa shape index (κ1) is 51.6. The van der Waals surface area contributed by atoms with E-state index in [9.17, 15) is 33.6 Å². The van der Waals surface area contributed by atoms with Gasteiger partial charge < -0.3 is 33.9 Å². The lowest BCUT2D eigenvalue weighted by Crippen LogP contribution is -2.53. The minimum Gasteiger partial charge on any atom is -0.445 e. The van der Waals surface area contributed by atoms with E-state index in [0.717, 1.165) is 5.56 Å². The number of carbonyl (C=O) groups is 5. The monoisotopic (exact) mass is 985 g/mol. The third-order valence-corrected chi connectivity index (χ3v) is 11.6. The number of nitrogens with zero attached hydrogens (tertiary/aromatic N) is 6. The van der Waals surface area contributed by atoms with Gasteiger partial charge in [0.25, 0.3) is 22.9 Å². The van der Waals surface area contributed by atoms with E-state index in [2.05, 4.69) is 25.8 Å². The maximum absolute atomic E-state index is 15.2. The van der Waals surface area contributed by atoms with Gasteiger partial charge in [-0.1, -0.05) is 54.6 Å². The van der Waals surface area contributed by atoms with Crippen molar-refractivity contribution in [2.45, 2.75) is 52.9 Å². The Hall–Kier alpha value is -8.26. The molecule has 3 aromatic carbocycles. The van der Waals surface area contributed by atoms with Crippen LogP contribution in [0.15, 0.2) is 113 Å². The zero-order chi connectivity index (χ0) is 51.4. The maximum Gasteiger partial charge on any atom is 0.412 e. The van der Waals surface area contributed by atoms with Crippen molar-refractivity contribution in [3.8, 4) is 11.1 Å². The summed E-state index contributed by atoms with van der Waals surface area (Å²) >= 11 is 0. The molecule has 1 aliphatic rings. The fourth-order valence-electron chi connectivity index (χ4n) is 7.84. The molecule has 7 rings (SSSR count). The molecule has 376 valence electrons. The van der Waals surface area contributed by atoms with Gasteiger partial charge >= 0.3 is 12.2 Å². The van der Waals surface area contributed by atoms with Gasteiger partial charge in [0.15, 0.2) is 5.69 Å². The number of aromatic amines is 1. The molecule has 0 aliphatic carbocycles. The van der Waals surface area contributed by atoms with Gasteiger partial charge in [-0.25, -0.2) is 24.1 Å². The summed E-state index contributed by atoms with van der Waals surface area (Å²) < 4.78 is 33.5. The summed E-state index contributed by atoms with van der Waals surface area (Å²) in [4.78, 5) is 100. The van der Waals surface area contributed by atoms with Crippen molar-refractivity contribution in [3.63, 3.8) is 0 Å². The summed E-state index contributed by atoms with van der Waals surface area (Å²) in [6.45, 7) is 7.37. The first-order valence-electron chi connectivity index (χ1n) is 23.4. The Morgan fingerprint density at radius 1 is 0.833 bits per heavy atom. The lowest BCUT2D eigenvalue weighted by molar-refractivity contribution is -0.133. The van der Waals surface area contributed by atoms with E-state index in [1.54, 1.807) is 93.7 Å². The van der Waals surface area contributed by atoms with Gasteiger partial charge in [-0.3, -0.25) is 34.2 Å². The number of H-pyrrole nitrogens is 1. The van der Waals surface area contributed by atoms with Gasteiger partial charge in [0.2, 0.25) is 5.91 Å². The number of hydrogen-bond acceptors (Lipinski definition) is 12. The quantitative estimate of drug-likeness (QED) is 0.0948. The predicted molar refractivity (Wildman–Crippen MR) is 265 cm³/mol. The lowest BCUT2D eigenvalue weighted by atomic mass is 10.0. The van der Waals surface area contributed by atoms with Crippen molar-refractivity contribution in [3.05, 3.63) is 158 Å². The normalized spacial score (nSPS) is 12.6. The third kappa shape index (κ3) is 13.5. The molecule has 0 radical (unpaired) electrons. The van der Waals surface area contributed by atoms with E-state index in [1.165, 1.54) is 43.7 Å². The second-order valence-corrected chi connectivity index (χ2v) is 17.8. The lowest BCUT2D eigenvalue weighted by Gasteiger charge is -2.36. The zero-order valence-corrected chi connectivity index (χ0v) is 40.4. The number of nitrogens with one attached hydrogen (secondary N) is 3. The molecule has 0 spiro atoms. The molecule has 1 aliphatic heterocycles. The number of pyridine rings is 2. The van der Waals surface area contributed by atoms with Gasteiger partial charge in [-0.2, -0.15) is 5.10 Å². The van der Waals surface area contributed by atoms with E-state index in [4.69, 9.17) is 14.2 Å². The van der Waals surface area contributed by atoms with Crippen molar-refractivity contribution in [1.29, 1.82) is 0 Å². The summed E-state index contributed by atoms with van der Waals surface area (Å²) in [5.41, 5.74) is 1.59. The van der Waals surface area contributed by atoms with Crippen LogP contribution < -0.4 is 21.8 Å². The summed E-state index contributed by atoms with van der Waals surface area (Å²) in [5, 5.41) is 13.2. The predicted octanol–water partition coefficient (Wildman–Crippen LogP) is 5.61. The first-order valence-corrected chi connectivity index (χ1v) is 23.4. The van der Waals surface area contributed by atoms with Crippen LogP contribution in [-0.2, 0) is 38.6 Å². The number of aryl methyl sites for hydroxylation is 1. The fraction of sp³-hybridized carbons (Fsp3) is 0.327. The molecule has 20 heteroatoms. The van der Waals surface area contributed by atoms with E-state index in [1.807, 2.05) is 13.0 Å². The molecule has 4 heterocycles. The molecule has 0 bridgehead atoms. The number of hydrogen-bond donors (Lipinski definition) is 3. The Morgan fingerprint density at radius 2 is 1.56 bits per heavy atom. The van der Waals surface area contributed by atoms with Gasteiger partial charge in [-0.05, 0) is 74.7 Å². The number of ether oxygens (including phenoxy) is 3. The van der Waals surface area contributed by atoms with Gasteiger partial charge in [0, 0.05) is 81.6 Å². The molecule has 0 unspecified atom stereocenters. The van der Waals surface area contributed by atoms with E-state index >= 15 is 4.39 Å². The van der Waals surface area contributed by atoms with E-state index < -0.39 is 41.3 Å². The number of aromatic nitrogens is 4. The Labute approximate surface area is 413 Å². The molecule has 19 nitrogen and oxygen atoms in total. The Morgan fingerprint density at radius 3 is 2.29 bits per heavy atom. The van der Waals surface area contributed by atoms with Gasteiger partial charge in [0.1, 0.15) is 24.6 Å². The van der Waals surface area contributed by atoms with Crippen LogP contribution in [0.1, 0.15) is 65.4 Å². The third-order valence-electron chi connectivity index (χ3n) is 11.6. The Bertz CT molecular complexity index is 3060. The fourth-order valence-corrected chi connectivity index (χ4v) is 7.84. The number of halogens is 1. The summed E-state index contributed by atoms with van der Waals surface area (Å²) in [6.07, 6.45) is 1.79. The van der Waals surface area contributed by atoms with Crippen LogP contribution in [0.2, 0.25) is 0 Å². The Balaban J connectivity index is 0.937. The highest BCUT2D eigenvalue weighted by Gasteiger charge is 2.29. The van der Waals surface area contributed by atoms with Crippen molar-refractivity contribution in [2.24, 2.45) is 0 Å². The second kappa shape index (κ2) is 23.6. The number of amides is 5. The minimum atomic E-state index is -0.826. The molecule has 3 N–H and O–H groups in total. The van der Waals surface area contributed by atoms with Crippen LogP contribution >= 0.6 is 0 Å². The summed E-state index contributed by atoms with van der Waals surface area (Å²) in [7, 11) is 0. The summed E-state index contributed by atoms with van der Waals surface area (Å²) in [6, 6.07) is 24.9. The largest absolute Gasteiger partial charge is 0.445 e. The standard InChI is InChI=1S/C52H56FN9O10/c1-5-59-31-36(16-18-44(59)63)37-29-43(56-50(68)72-52(2,3)4)46(55-30-37)48(66)54-19-25-70-26-24-62(51(69)71-33-34-11-7-6-8-12-34)32-45(64)60-20-22-61(23-21-60)49(67)40-27-35(15-17-41(40)53)28-42-38-13-9-10-14-39(38)47(65)58-57-42/h6-18,27,29-31H,5,19-26,28,32-33H2,1-4H3,(H,54,66)(H,56,68)(H,58,65). The van der Waals surface area contributed by atoms with Crippen LogP contribution in [0, 0.1) is 5.82 Å². The van der Waals surface area contributed by atoms with Crippen molar-refractivity contribution < 1.29 is 42.6 Å². The smallest absolute Gasteiger partial charge is 0.412 e. The van der Waals surface area contributed by atoms with Crippen molar-refractivity contribution in [2.75, 3.05) is 64.3 Å². The highest BCUT2D eigenvalue weighted by molar-refractivity contribution is 6.02. The molecule has 0 atom stereocenters. The molecule has 1 saturated heterocycles. The van der Waals surface area contributed by atoms with E-state index in [0.29, 0.717) is 39.7 Å². The average Bonchev–Trinajstić information content (AvgIpc) is 3.37. The van der Waals surface area contributed by atoms with Gasteiger partial charge in [0.05, 0.1) is 35.5 Å². The van der Waals surface area contributed by atoms with Crippen LogP contribution in [0.5, 0.6) is 0 Å². The first-order chi connectivity index (χ1) is 34.6. The van der Waals surface area contributed by atoms with E-state index in [-0.39, 0.29) is 100 Å². The number of rotatable bonds is 17. The minimum absolute atomic E-state index is 0.00151. The topological polar surface area (TPSA) is 227 Å². The van der Waals surface area contributed by atoms with Crippen LogP contribution in [0.3, 0.4) is 0 Å². The number of anilines is 1. The number of fused-ring (bicyclic) bond motifs is 1. The number of piperazine rings is 1. The Kier molecular flexibility index (Phi) is 16.9. The van der Waals surface area contributed by atoms with Crippen molar-refractivity contribution in [1.82, 2.24) is 39.8 Å². The molecule has 72 heavy (non-hydrogen) atoms. The summed E-state index contributed by atoms with van der Waals surface area (Å²) in [5.74, 6) is -2.27. The van der Waals surface area contributed by atoms with Crippen LogP contribution in [0.4, 0.5) is 19.7 Å². The zero-order valence-electron chi connectivity index (χ0n) is 40.4. The van der Waals surface area contributed by atoms with Crippen LogP contribution in [-0.4, -0.2) is 129 Å².